The van der Waals surface area contributed by atoms with Gasteiger partial charge in [-0.15, -0.1) is 0 Å². The molecule has 1 N–H and O–H groups in total. The van der Waals surface area contributed by atoms with Gasteiger partial charge in [-0.2, -0.15) is 11.3 Å². The van der Waals surface area contributed by atoms with Gasteiger partial charge in [0.1, 0.15) is 12.8 Å². The second-order valence-corrected chi connectivity index (χ2v) is 4.47. The quantitative estimate of drug-likeness (QED) is 0.861. The third-order valence-corrected chi connectivity index (χ3v) is 3.47. The maximum absolute atomic E-state index is 12.5. The van der Waals surface area contributed by atoms with Crippen molar-refractivity contribution < 1.29 is 9.50 Å². The van der Waals surface area contributed by atoms with Gasteiger partial charge in [0.15, 0.2) is 0 Å². The van der Waals surface area contributed by atoms with Crippen LogP contribution in [-0.4, -0.2) is 11.8 Å². The Hall–Kier alpha value is -1.19. The van der Waals surface area contributed by atoms with Crippen LogP contribution in [0.15, 0.2) is 35.0 Å². The Morgan fingerprint density at radius 3 is 2.62 bits per heavy atom. The van der Waals surface area contributed by atoms with E-state index in [1.54, 1.807) is 17.4 Å². The summed E-state index contributed by atoms with van der Waals surface area (Å²) in [5.74, 6) is 0. The zero-order valence-corrected chi connectivity index (χ0v) is 9.80. The molecule has 0 bridgehead atoms. The van der Waals surface area contributed by atoms with Gasteiger partial charge in [0.05, 0.1) is 0 Å². The van der Waals surface area contributed by atoms with Gasteiger partial charge in [0.25, 0.3) is 0 Å². The van der Waals surface area contributed by atoms with Crippen molar-refractivity contribution >= 4 is 11.3 Å². The first-order valence-corrected chi connectivity index (χ1v) is 6.04. The molecule has 1 heterocycles. The van der Waals surface area contributed by atoms with E-state index in [-0.39, 0.29) is 0 Å². The summed E-state index contributed by atoms with van der Waals surface area (Å²) in [7, 11) is 0. The molecule has 2 rings (SSSR count). The van der Waals surface area contributed by atoms with E-state index in [0.29, 0.717) is 5.56 Å². The number of aliphatic hydroxyl groups is 1. The Morgan fingerprint density at radius 1 is 1.25 bits per heavy atom. The predicted molar refractivity (Wildman–Crippen MR) is 65.4 cm³/mol. The molecule has 1 aromatic carbocycles. The van der Waals surface area contributed by atoms with Crippen LogP contribution in [0, 0.1) is 6.92 Å². The van der Waals surface area contributed by atoms with E-state index >= 15 is 0 Å². The van der Waals surface area contributed by atoms with Crippen LogP contribution in [0.1, 0.15) is 17.2 Å². The molecule has 0 amide bonds. The zero-order valence-electron chi connectivity index (χ0n) is 8.98. The van der Waals surface area contributed by atoms with Gasteiger partial charge in [-0.25, -0.2) is 4.39 Å². The van der Waals surface area contributed by atoms with E-state index in [1.807, 2.05) is 35.9 Å². The zero-order chi connectivity index (χ0) is 11.5. The molecule has 1 nitrogen and oxygen atoms in total. The number of hydrogen-bond acceptors (Lipinski definition) is 2. The van der Waals surface area contributed by atoms with E-state index in [9.17, 15) is 9.50 Å². The normalized spacial score (nSPS) is 12.7. The van der Waals surface area contributed by atoms with Crippen molar-refractivity contribution in [3.05, 3.63) is 46.2 Å². The van der Waals surface area contributed by atoms with Crippen LogP contribution in [0.4, 0.5) is 4.39 Å². The lowest BCUT2D eigenvalue weighted by Gasteiger charge is -2.12. The predicted octanol–water partition coefficient (Wildman–Crippen LogP) is 3.73. The van der Waals surface area contributed by atoms with Crippen LogP contribution in [0.3, 0.4) is 0 Å². The minimum atomic E-state index is -1.03. The molecule has 1 atom stereocenters. The number of benzene rings is 1. The van der Waals surface area contributed by atoms with Crippen molar-refractivity contribution in [1.82, 2.24) is 0 Å². The summed E-state index contributed by atoms with van der Waals surface area (Å²) in [4.78, 5) is 0. The van der Waals surface area contributed by atoms with Crippen molar-refractivity contribution in [3.63, 3.8) is 0 Å². The van der Waals surface area contributed by atoms with Crippen LogP contribution in [0.5, 0.6) is 0 Å². The van der Waals surface area contributed by atoms with Gasteiger partial charge in [0.2, 0.25) is 0 Å². The highest BCUT2D eigenvalue weighted by Crippen LogP contribution is 2.32. The first-order chi connectivity index (χ1) is 7.74. The molecule has 0 saturated carbocycles. The molecule has 0 spiro atoms. The molecule has 84 valence electrons. The molecular formula is C13H13FOS. The molecule has 0 aliphatic carbocycles. The Kier molecular flexibility index (Phi) is 3.36. The van der Waals surface area contributed by atoms with E-state index in [0.717, 1.165) is 16.7 Å². The summed E-state index contributed by atoms with van der Waals surface area (Å²) in [5, 5.41) is 13.7. The second kappa shape index (κ2) is 4.76. The standard InChI is InChI=1S/C13H13FOS/c1-9-7-16-8-12(9)10-4-2-3-5-11(10)13(15)6-14/h2-5,7-8,13,15H,6H2,1H3. The molecule has 0 saturated heterocycles. The van der Waals surface area contributed by atoms with Crippen molar-refractivity contribution in [1.29, 1.82) is 0 Å². The SMILES string of the molecule is Cc1cscc1-c1ccccc1C(O)CF. The number of halogens is 1. The maximum atomic E-state index is 12.5. The molecule has 16 heavy (non-hydrogen) atoms. The minimum absolute atomic E-state index is 0.659. The summed E-state index contributed by atoms with van der Waals surface area (Å²) in [6.07, 6.45) is -1.03. The molecule has 3 heteroatoms. The molecule has 0 fully saturated rings. The van der Waals surface area contributed by atoms with E-state index in [4.69, 9.17) is 0 Å². The minimum Gasteiger partial charge on any atom is -0.386 e. The smallest absolute Gasteiger partial charge is 0.119 e. The molecule has 0 aliphatic heterocycles. The van der Waals surface area contributed by atoms with Crippen molar-refractivity contribution in [3.8, 4) is 11.1 Å². The topological polar surface area (TPSA) is 20.2 Å². The highest BCUT2D eigenvalue weighted by atomic mass is 32.1. The number of thiophene rings is 1. The lowest BCUT2D eigenvalue weighted by molar-refractivity contribution is 0.142. The first-order valence-electron chi connectivity index (χ1n) is 5.10. The number of aliphatic hydroxyl groups excluding tert-OH is 1. The first kappa shape index (κ1) is 11.3. The van der Waals surface area contributed by atoms with E-state index in [2.05, 4.69) is 0 Å². The number of aryl methyl sites for hydroxylation is 1. The van der Waals surface area contributed by atoms with Gasteiger partial charge in [-0.3, -0.25) is 0 Å². The summed E-state index contributed by atoms with van der Waals surface area (Å²) < 4.78 is 12.5. The summed E-state index contributed by atoms with van der Waals surface area (Å²) >= 11 is 1.61. The Morgan fingerprint density at radius 2 is 2.00 bits per heavy atom. The van der Waals surface area contributed by atoms with Crippen LogP contribution in [-0.2, 0) is 0 Å². The van der Waals surface area contributed by atoms with Crippen LogP contribution in [0.2, 0.25) is 0 Å². The van der Waals surface area contributed by atoms with Gasteiger partial charge in [0, 0.05) is 0 Å². The Balaban J connectivity index is 2.53. The summed E-state index contributed by atoms with van der Waals surface area (Å²) in [6, 6.07) is 7.42. The van der Waals surface area contributed by atoms with Gasteiger partial charge >= 0.3 is 0 Å². The van der Waals surface area contributed by atoms with Crippen molar-refractivity contribution in [2.75, 3.05) is 6.67 Å². The second-order valence-electron chi connectivity index (χ2n) is 3.73. The molecule has 0 aliphatic rings. The third kappa shape index (κ3) is 2.01. The highest BCUT2D eigenvalue weighted by molar-refractivity contribution is 7.08. The fourth-order valence-corrected chi connectivity index (χ4v) is 2.60. The van der Waals surface area contributed by atoms with Gasteiger partial charge in [-0.05, 0) is 39.9 Å². The average Bonchev–Trinajstić information content (AvgIpc) is 2.74. The lowest BCUT2D eigenvalue weighted by atomic mass is 9.96. The fourth-order valence-electron chi connectivity index (χ4n) is 1.75. The molecular weight excluding hydrogens is 223 g/mol. The Labute approximate surface area is 98.2 Å². The van der Waals surface area contributed by atoms with Gasteiger partial charge in [-0.1, -0.05) is 24.3 Å². The van der Waals surface area contributed by atoms with E-state index < -0.39 is 12.8 Å². The lowest BCUT2D eigenvalue weighted by Crippen LogP contribution is -2.01. The third-order valence-electron chi connectivity index (χ3n) is 2.61. The van der Waals surface area contributed by atoms with E-state index in [1.165, 1.54) is 0 Å². The maximum Gasteiger partial charge on any atom is 0.119 e. The van der Waals surface area contributed by atoms with Gasteiger partial charge < -0.3 is 5.11 Å². The monoisotopic (exact) mass is 236 g/mol. The summed E-state index contributed by atoms with van der Waals surface area (Å²) in [5.41, 5.74) is 3.81. The van der Waals surface area contributed by atoms with Crippen molar-refractivity contribution in [2.45, 2.75) is 13.0 Å². The Bertz CT molecular complexity index is 478. The van der Waals surface area contributed by atoms with Crippen molar-refractivity contribution in [2.24, 2.45) is 0 Å². The molecule has 0 radical (unpaired) electrons. The number of alkyl halides is 1. The number of hydrogen-bond donors (Lipinski definition) is 1. The molecule has 1 aromatic heterocycles. The van der Waals surface area contributed by atoms with Crippen LogP contribution >= 0.6 is 11.3 Å². The largest absolute Gasteiger partial charge is 0.386 e. The summed E-state index contributed by atoms with van der Waals surface area (Å²) in [6.45, 7) is 1.27. The number of rotatable bonds is 3. The average molecular weight is 236 g/mol. The highest BCUT2D eigenvalue weighted by Gasteiger charge is 2.14. The molecule has 1 unspecified atom stereocenters. The molecule has 2 aromatic rings. The van der Waals surface area contributed by atoms with Crippen LogP contribution < -0.4 is 0 Å². The van der Waals surface area contributed by atoms with Crippen LogP contribution in [0.25, 0.3) is 11.1 Å². The fraction of sp³-hybridized carbons (Fsp3) is 0.231.